The summed E-state index contributed by atoms with van der Waals surface area (Å²) in [6.07, 6.45) is 0. The van der Waals surface area contributed by atoms with Crippen LogP contribution in [0.4, 0.5) is 0 Å². The fourth-order valence-electron chi connectivity index (χ4n) is 1.08. The van der Waals surface area contributed by atoms with Gasteiger partial charge in [0.1, 0.15) is 5.78 Å². The highest BCUT2D eigenvalue weighted by atomic mass is 79.9. The Kier molecular flexibility index (Phi) is 3.51. The number of ketones is 1. The third-order valence-corrected chi connectivity index (χ3v) is 3.26. The summed E-state index contributed by atoms with van der Waals surface area (Å²) in [4.78, 5) is 10.8. The van der Waals surface area contributed by atoms with Crippen LogP contribution in [-0.4, -0.2) is 5.78 Å². The van der Waals surface area contributed by atoms with E-state index in [0.717, 1.165) is 11.1 Å². The van der Waals surface area contributed by atoms with Crippen molar-refractivity contribution in [1.29, 1.82) is 0 Å². The van der Waals surface area contributed by atoms with E-state index in [0.29, 0.717) is 5.02 Å². The van der Waals surface area contributed by atoms with E-state index in [2.05, 4.69) is 15.9 Å². The summed E-state index contributed by atoms with van der Waals surface area (Å²) in [7, 11) is 0. The van der Waals surface area contributed by atoms with E-state index in [9.17, 15) is 4.79 Å². The van der Waals surface area contributed by atoms with Gasteiger partial charge in [-0.1, -0.05) is 45.2 Å². The summed E-state index contributed by atoms with van der Waals surface area (Å²) < 4.78 is 0. The third kappa shape index (κ3) is 2.55. The zero-order valence-electron chi connectivity index (χ0n) is 7.47. The number of aryl methyl sites for hydroxylation is 1. The lowest BCUT2D eigenvalue weighted by molar-refractivity contribution is -0.116. The van der Waals surface area contributed by atoms with E-state index in [1.54, 1.807) is 0 Å². The SMILES string of the molecule is CC(=O)C(Br)c1cc(C)ccc1Cl. The van der Waals surface area contributed by atoms with Crippen LogP contribution in [0.25, 0.3) is 0 Å². The van der Waals surface area contributed by atoms with E-state index in [1.807, 2.05) is 25.1 Å². The molecule has 0 spiro atoms. The Morgan fingerprint density at radius 3 is 2.69 bits per heavy atom. The molecule has 0 heterocycles. The van der Waals surface area contributed by atoms with E-state index < -0.39 is 0 Å². The van der Waals surface area contributed by atoms with Gasteiger partial charge in [-0.2, -0.15) is 0 Å². The number of carbonyl (C=O) groups excluding carboxylic acids is 1. The van der Waals surface area contributed by atoms with E-state index in [-0.39, 0.29) is 10.6 Å². The maximum absolute atomic E-state index is 11.1. The molecule has 0 aliphatic rings. The molecule has 0 aromatic heterocycles. The Balaban J connectivity index is 3.12. The second-order valence-electron chi connectivity index (χ2n) is 3.00. The Morgan fingerprint density at radius 1 is 1.54 bits per heavy atom. The zero-order valence-corrected chi connectivity index (χ0v) is 9.82. The number of hydrogen-bond acceptors (Lipinski definition) is 1. The summed E-state index contributed by atoms with van der Waals surface area (Å²) in [5, 5.41) is 0.627. The minimum Gasteiger partial charge on any atom is -0.298 e. The average Bonchev–Trinajstić information content (AvgIpc) is 2.08. The van der Waals surface area contributed by atoms with Crippen molar-refractivity contribution in [2.45, 2.75) is 18.7 Å². The van der Waals surface area contributed by atoms with Crippen molar-refractivity contribution < 1.29 is 4.79 Å². The highest BCUT2D eigenvalue weighted by Gasteiger charge is 2.15. The van der Waals surface area contributed by atoms with Gasteiger partial charge in [0.05, 0.1) is 4.83 Å². The predicted molar refractivity (Wildman–Crippen MR) is 58.5 cm³/mol. The number of benzene rings is 1. The van der Waals surface area contributed by atoms with Gasteiger partial charge in [-0.3, -0.25) is 4.79 Å². The zero-order chi connectivity index (χ0) is 10.0. The van der Waals surface area contributed by atoms with Gasteiger partial charge in [0, 0.05) is 5.02 Å². The van der Waals surface area contributed by atoms with Crippen LogP contribution in [0.3, 0.4) is 0 Å². The first kappa shape index (κ1) is 10.7. The van der Waals surface area contributed by atoms with Crippen LogP contribution >= 0.6 is 27.5 Å². The summed E-state index contributed by atoms with van der Waals surface area (Å²) in [6.45, 7) is 3.51. The van der Waals surface area contributed by atoms with Crippen molar-refractivity contribution in [3.8, 4) is 0 Å². The Hall–Kier alpha value is -0.340. The molecule has 0 N–H and O–H groups in total. The number of hydrogen-bond donors (Lipinski definition) is 0. The second-order valence-corrected chi connectivity index (χ2v) is 4.32. The molecule has 0 saturated carbocycles. The number of Topliss-reactive ketones (excluding diaryl/α,β-unsaturated/α-hetero) is 1. The molecule has 1 aromatic rings. The smallest absolute Gasteiger partial charge is 0.147 e. The summed E-state index contributed by atoms with van der Waals surface area (Å²) >= 11 is 9.25. The van der Waals surface area contributed by atoms with Crippen molar-refractivity contribution in [2.24, 2.45) is 0 Å². The normalized spacial score (nSPS) is 12.6. The Bertz CT molecular complexity index is 336. The second kappa shape index (κ2) is 4.25. The lowest BCUT2D eigenvalue weighted by Crippen LogP contribution is -2.01. The van der Waals surface area contributed by atoms with E-state index >= 15 is 0 Å². The number of halogens is 2. The highest BCUT2D eigenvalue weighted by Crippen LogP contribution is 2.30. The summed E-state index contributed by atoms with van der Waals surface area (Å²) in [6, 6.07) is 5.65. The van der Waals surface area contributed by atoms with Crippen LogP contribution in [0.2, 0.25) is 5.02 Å². The fourth-order valence-corrected chi connectivity index (χ4v) is 1.81. The highest BCUT2D eigenvalue weighted by molar-refractivity contribution is 9.09. The van der Waals surface area contributed by atoms with E-state index in [1.165, 1.54) is 6.92 Å². The third-order valence-electron chi connectivity index (χ3n) is 1.78. The molecule has 0 aliphatic carbocycles. The first-order chi connectivity index (χ1) is 6.02. The van der Waals surface area contributed by atoms with Gasteiger partial charge in [-0.25, -0.2) is 0 Å². The lowest BCUT2D eigenvalue weighted by atomic mass is 10.1. The van der Waals surface area contributed by atoms with Crippen LogP contribution in [0.5, 0.6) is 0 Å². The van der Waals surface area contributed by atoms with Gasteiger partial charge in [0.25, 0.3) is 0 Å². The van der Waals surface area contributed by atoms with Crippen LogP contribution in [-0.2, 0) is 4.79 Å². The molecule has 1 aromatic carbocycles. The van der Waals surface area contributed by atoms with Gasteiger partial charge in [-0.05, 0) is 25.5 Å². The van der Waals surface area contributed by atoms with Gasteiger partial charge < -0.3 is 0 Å². The minimum atomic E-state index is -0.292. The Morgan fingerprint density at radius 2 is 2.15 bits per heavy atom. The van der Waals surface area contributed by atoms with Crippen LogP contribution < -0.4 is 0 Å². The number of alkyl halides is 1. The molecule has 0 saturated heterocycles. The fraction of sp³-hybridized carbons (Fsp3) is 0.300. The topological polar surface area (TPSA) is 17.1 Å². The number of rotatable bonds is 2. The predicted octanol–water partition coefficient (Wildman–Crippen LogP) is 3.67. The van der Waals surface area contributed by atoms with Crippen LogP contribution in [0, 0.1) is 6.92 Å². The molecule has 1 unspecified atom stereocenters. The lowest BCUT2D eigenvalue weighted by Gasteiger charge is -2.09. The monoisotopic (exact) mass is 260 g/mol. The average molecular weight is 262 g/mol. The van der Waals surface area contributed by atoms with Crippen molar-refractivity contribution in [2.75, 3.05) is 0 Å². The molecule has 0 radical (unpaired) electrons. The van der Waals surface area contributed by atoms with Crippen molar-refractivity contribution >= 4 is 33.3 Å². The largest absolute Gasteiger partial charge is 0.298 e. The molecule has 1 nitrogen and oxygen atoms in total. The van der Waals surface area contributed by atoms with Crippen molar-refractivity contribution in [1.82, 2.24) is 0 Å². The first-order valence-electron chi connectivity index (χ1n) is 3.93. The molecule has 0 bridgehead atoms. The minimum absolute atomic E-state index is 0.0625. The molecule has 1 rings (SSSR count). The van der Waals surface area contributed by atoms with Crippen LogP contribution in [0.15, 0.2) is 18.2 Å². The van der Waals surface area contributed by atoms with Crippen molar-refractivity contribution in [3.63, 3.8) is 0 Å². The molecule has 70 valence electrons. The number of carbonyl (C=O) groups is 1. The summed E-state index contributed by atoms with van der Waals surface area (Å²) in [5.41, 5.74) is 1.94. The maximum atomic E-state index is 11.1. The van der Waals surface area contributed by atoms with Crippen LogP contribution in [0.1, 0.15) is 22.9 Å². The van der Waals surface area contributed by atoms with Gasteiger partial charge in [0.2, 0.25) is 0 Å². The molecule has 1 atom stereocenters. The molecule has 3 heteroatoms. The van der Waals surface area contributed by atoms with Gasteiger partial charge in [-0.15, -0.1) is 0 Å². The summed E-state index contributed by atoms with van der Waals surface area (Å²) in [5.74, 6) is 0.0625. The molecule has 0 amide bonds. The quantitative estimate of drug-likeness (QED) is 0.742. The van der Waals surface area contributed by atoms with Gasteiger partial charge in [0.15, 0.2) is 0 Å². The first-order valence-corrected chi connectivity index (χ1v) is 5.22. The molecule has 0 aliphatic heterocycles. The molecular formula is C10H10BrClO. The molecular weight excluding hydrogens is 251 g/mol. The maximum Gasteiger partial charge on any atom is 0.147 e. The Labute approximate surface area is 91.2 Å². The van der Waals surface area contributed by atoms with Gasteiger partial charge >= 0.3 is 0 Å². The van der Waals surface area contributed by atoms with E-state index in [4.69, 9.17) is 11.6 Å². The molecule has 13 heavy (non-hydrogen) atoms. The van der Waals surface area contributed by atoms with Crippen molar-refractivity contribution in [3.05, 3.63) is 34.3 Å². The standard InChI is InChI=1S/C10H10BrClO/c1-6-3-4-9(12)8(5-6)10(11)7(2)13/h3-5,10H,1-2H3. The molecule has 0 fully saturated rings.